The molecule has 5 nitrogen and oxygen atoms in total. The lowest BCUT2D eigenvalue weighted by atomic mass is 10.1. The third-order valence-corrected chi connectivity index (χ3v) is 5.27. The van der Waals surface area contributed by atoms with Crippen LogP contribution in [0.3, 0.4) is 0 Å². The van der Waals surface area contributed by atoms with Crippen molar-refractivity contribution in [2.45, 2.75) is 12.6 Å². The summed E-state index contributed by atoms with van der Waals surface area (Å²) in [5.74, 6) is 0.842. The zero-order valence-corrected chi connectivity index (χ0v) is 16.7. The lowest BCUT2D eigenvalue weighted by Crippen LogP contribution is -2.40. The van der Waals surface area contributed by atoms with Crippen molar-refractivity contribution < 1.29 is 9.53 Å². The first-order chi connectivity index (χ1) is 13.1. The summed E-state index contributed by atoms with van der Waals surface area (Å²) >= 11 is 1.67. The third kappa shape index (κ3) is 4.99. The van der Waals surface area contributed by atoms with E-state index >= 15 is 0 Å². The number of amides is 2. The maximum Gasteiger partial charge on any atom is 0.315 e. The second-order valence-corrected chi connectivity index (χ2v) is 7.43. The topological polar surface area (TPSA) is 53.6 Å². The van der Waals surface area contributed by atoms with Gasteiger partial charge in [0.1, 0.15) is 5.75 Å². The number of hydrogen-bond donors (Lipinski definition) is 2. The summed E-state index contributed by atoms with van der Waals surface area (Å²) in [5.41, 5.74) is 2.28. The Hall–Kier alpha value is -2.57. The van der Waals surface area contributed by atoms with Crippen LogP contribution in [0.25, 0.3) is 10.8 Å². The van der Waals surface area contributed by atoms with Crippen LogP contribution in [0, 0.1) is 0 Å². The Kier molecular flexibility index (Phi) is 6.32. The minimum Gasteiger partial charge on any atom is -0.497 e. The fraction of sp³-hybridized carbons (Fsp3) is 0.286. The first-order valence-corrected chi connectivity index (χ1v) is 9.78. The van der Waals surface area contributed by atoms with Gasteiger partial charge in [-0.05, 0) is 71.0 Å². The number of fused-ring (bicyclic) bond motifs is 1. The molecule has 0 radical (unpaired) electrons. The summed E-state index contributed by atoms with van der Waals surface area (Å²) in [4.78, 5) is 14.3. The Morgan fingerprint density at radius 2 is 1.89 bits per heavy atom. The minimum atomic E-state index is -0.160. The molecule has 1 aromatic heterocycles. The van der Waals surface area contributed by atoms with Crippen molar-refractivity contribution in [2.75, 3.05) is 27.7 Å². The van der Waals surface area contributed by atoms with Gasteiger partial charge in [-0.3, -0.25) is 0 Å². The summed E-state index contributed by atoms with van der Waals surface area (Å²) in [6.07, 6.45) is 0. The number of nitrogens with one attached hydrogen (secondary N) is 2. The molecule has 0 saturated heterocycles. The largest absolute Gasteiger partial charge is 0.497 e. The van der Waals surface area contributed by atoms with Crippen molar-refractivity contribution in [1.29, 1.82) is 0 Å². The van der Waals surface area contributed by atoms with Crippen molar-refractivity contribution in [1.82, 2.24) is 15.5 Å². The normalized spacial score (nSPS) is 12.1. The quantitative estimate of drug-likeness (QED) is 0.648. The van der Waals surface area contributed by atoms with Gasteiger partial charge in [-0.1, -0.05) is 18.2 Å². The molecule has 0 aliphatic rings. The minimum absolute atomic E-state index is 0.160. The van der Waals surface area contributed by atoms with E-state index in [1.807, 2.05) is 44.4 Å². The number of rotatable bonds is 7. The molecule has 6 heteroatoms. The van der Waals surface area contributed by atoms with Crippen molar-refractivity contribution in [3.05, 3.63) is 64.4 Å². The molecule has 0 bridgehead atoms. The zero-order chi connectivity index (χ0) is 19.2. The third-order valence-electron chi connectivity index (χ3n) is 4.57. The fourth-order valence-electron chi connectivity index (χ4n) is 3.01. The summed E-state index contributed by atoms with van der Waals surface area (Å²) < 4.78 is 5.25. The van der Waals surface area contributed by atoms with E-state index in [0.717, 1.165) is 22.1 Å². The van der Waals surface area contributed by atoms with Gasteiger partial charge in [0, 0.05) is 13.1 Å². The standard InChI is InChI=1S/C21H25N3O2S/c1-24(2)20(18-8-9-27-14-18)13-23-21(25)22-12-15-4-5-17-11-19(26-3)7-6-16(17)10-15/h4-11,14,20H,12-13H2,1-3H3,(H2,22,23,25). The molecule has 2 N–H and O–H groups in total. The SMILES string of the molecule is COc1ccc2cc(CNC(=O)NCC(c3ccsc3)N(C)C)ccc2c1. The van der Waals surface area contributed by atoms with Gasteiger partial charge >= 0.3 is 6.03 Å². The number of thiophene rings is 1. The van der Waals surface area contributed by atoms with E-state index < -0.39 is 0 Å². The first kappa shape index (κ1) is 19.2. The first-order valence-electron chi connectivity index (χ1n) is 8.83. The molecule has 3 aromatic rings. The monoisotopic (exact) mass is 383 g/mol. The van der Waals surface area contributed by atoms with E-state index in [1.54, 1.807) is 18.4 Å². The highest BCUT2D eigenvalue weighted by Gasteiger charge is 2.15. The Morgan fingerprint density at radius 3 is 2.59 bits per heavy atom. The van der Waals surface area contributed by atoms with Crippen LogP contribution in [0.1, 0.15) is 17.2 Å². The number of benzene rings is 2. The lowest BCUT2D eigenvalue weighted by molar-refractivity contribution is 0.232. The molecule has 1 unspecified atom stereocenters. The van der Waals surface area contributed by atoms with Crippen molar-refractivity contribution >= 4 is 28.1 Å². The smallest absolute Gasteiger partial charge is 0.315 e. The Balaban J connectivity index is 1.55. The number of carbonyl (C=O) groups excluding carboxylic acids is 1. The summed E-state index contributed by atoms with van der Waals surface area (Å²) in [6, 6.07) is 14.2. The number of urea groups is 1. The van der Waals surface area contributed by atoms with Crippen LogP contribution >= 0.6 is 11.3 Å². The van der Waals surface area contributed by atoms with Crippen LogP contribution in [0.5, 0.6) is 5.75 Å². The predicted molar refractivity (Wildman–Crippen MR) is 111 cm³/mol. The Bertz CT molecular complexity index is 894. The molecule has 0 fully saturated rings. The van der Waals surface area contributed by atoms with E-state index in [0.29, 0.717) is 13.1 Å². The molecule has 0 aliphatic carbocycles. The van der Waals surface area contributed by atoms with Gasteiger partial charge in [-0.2, -0.15) is 11.3 Å². The van der Waals surface area contributed by atoms with Crippen molar-refractivity contribution in [2.24, 2.45) is 0 Å². The Morgan fingerprint density at radius 1 is 1.11 bits per heavy atom. The molecule has 2 amide bonds. The second-order valence-electron chi connectivity index (χ2n) is 6.65. The average molecular weight is 384 g/mol. The molecule has 1 heterocycles. The van der Waals surface area contributed by atoms with Crippen LogP contribution < -0.4 is 15.4 Å². The van der Waals surface area contributed by atoms with Crippen LogP contribution in [-0.2, 0) is 6.54 Å². The molecule has 0 saturated carbocycles. The highest BCUT2D eigenvalue weighted by molar-refractivity contribution is 7.07. The van der Waals surface area contributed by atoms with Crippen LogP contribution in [0.4, 0.5) is 4.79 Å². The van der Waals surface area contributed by atoms with Gasteiger partial charge in [0.2, 0.25) is 0 Å². The number of carbonyl (C=O) groups is 1. The number of hydrogen-bond acceptors (Lipinski definition) is 4. The predicted octanol–water partition coefficient (Wildman–Crippen LogP) is 4.01. The number of likely N-dealkylation sites (N-methyl/N-ethyl adjacent to an activating group) is 1. The van der Waals surface area contributed by atoms with Gasteiger partial charge in [-0.15, -0.1) is 0 Å². The lowest BCUT2D eigenvalue weighted by Gasteiger charge is -2.24. The number of methoxy groups -OCH3 is 1. The summed E-state index contributed by atoms with van der Waals surface area (Å²) in [5, 5.41) is 12.3. The maximum atomic E-state index is 12.2. The van der Waals surface area contributed by atoms with E-state index in [1.165, 1.54) is 5.56 Å². The molecule has 0 spiro atoms. The molecule has 27 heavy (non-hydrogen) atoms. The highest BCUT2D eigenvalue weighted by Crippen LogP contribution is 2.22. The molecule has 2 aromatic carbocycles. The van der Waals surface area contributed by atoms with Crippen LogP contribution in [0.2, 0.25) is 0 Å². The Labute approximate surface area is 163 Å². The van der Waals surface area contributed by atoms with E-state index in [2.05, 4.69) is 38.4 Å². The van der Waals surface area contributed by atoms with Crippen LogP contribution in [-0.4, -0.2) is 38.7 Å². The van der Waals surface area contributed by atoms with Crippen molar-refractivity contribution in [3.63, 3.8) is 0 Å². The van der Waals surface area contributed by atoms with Gasteiger partial charge in [-0.25, -0.2) is 4.79 Å². The van der Waals surface area contributed by atoms with Gasteiger partial charge in [0.05, 0.1) is 13.2 Å². The van der Waals surface area contributed by atoms with E-state index in [4.69, 9.17) is 4.74 Å². The van der Waals surface area contributed by atoms with E-state index in [9.17, 15) is 4.79 Å². The molecule has 3 rings (SSSR count). The second kappa shape index (κ2) is 8.88. The molecule has 142 valence electrons. The van der Waals surface area contributed by atoms with E-state index in [-0.39, 0.29) is 12.1 Å². The van der Waals surface area contributed by atoms with Crippen molar-refractivity contribution in [3.8, 4) is 5.75 Å². The molecule has 0 aliphatic heterocycles. The molecular formula is C21H25N3O2S. The van der Waals surface area contributed by atoms with Gasteiger partial charge < -0.3 is 20.3 Å². The number of nitrogens with zero attached hydrogens (tertiary/aromatic N) is 1. The molecular weight excluding hydrogens is 358 g/mol. The average Bonchev–Trinajstić information content (AvgIpc) is 3.20. The van der Waals surface area contributed by atoms with Crippen LogP contribution in [0.15, 0.2) is 53.2 Å². The summed E-state index contributed by atoms with van der Waals surface area (Å²) in [6.45, 7) is 1.05. The zero-order valence-electron chi connectivity index (χ0n) is 15.9. The number of ether oxygens (including phenoxy) is 1. The summed E-state index contributed by atoms with van der Waals surface area (Å²) in [7, 11) is 5.70. The molecule has 1 atom stereocenters. The van der Waals surface area contributed by atoms with Gasteiger partial charge in [0.15, 0.2) is 0 Å². The maximum absolute atomic E-state index is 12.2. The fourth-order valence-corrected chi connectivity index (χ4v) is 3.71. The van der Waals surface area contributed by atoms with Gasteiger partial charge in [0.25, 0.3) is 0 Å². The highest BCUT2D eigenvalue weighted by atomic mass is 32.1.